The van der Waals surface area contributed by atoms with Crippen molar-refractivity contribution in [3.63, 3.8) is 0 Å². The minimum absolute atomic E-state index is 0.0889. The lowest BCUT2D eigenvalue weighted by Crippen LogP contribution is -2.22. The topological polar surface area (TPSA) is 64.2 Å². The molecule has 0 aliphatic rings. The first-order valence-electron chi connectivity index (χ1n) is 7.62. The molecule has 3 aromatic rings. The number of carbonyl (C=O) groups excluding carboxylic acids is 1. The monoisotopic (exact) mass is 328 g/mol. The number of rotatable bonds is 5. The normalized spacial score (nSPS) is 10.9. The Balaban J connectivity index is 1.56. The van der Waals surface area contributed by atoms with E-state index in [2.05, 4.69) is 5.32 Å². The zero-order valence-corrected chi connectivity index (χ0v) is 13.2. The number of benzene rings is 2. The molecule has 0 aliphatic heterocycles. The number of aryl methyl sites for hydroxylation is 2. The number of hydrogen-bond acceptors (Lipinski definition) is 3. The SMILES string of the molecule is Cn1c(=O)oc2cc(CNC(=O)CCc3ccc(F)cc3)ccc21. The summed E-state index contributed by atoms with van der Waals surface area (Å²) < 4.78 is 19.4. The quantitative estimate of drug-likeness (QED) is 0.783. The van der Waals surface area contributed by atoms with Gasteiger partial charge >= 0.3 is 5.76 Å². The molecule has 0 saturated carbocycles. The molecule has 1 heterocycles. The molecule has 1 N–H and O–H groups in total. The number of fused-ring (bicyclic) bond motifs is 1. The van der Waals surface area contributed by atoms with Crippen LogP contribution in [-0.2, 0) is 24.8 Å². The predicted molar refractivity (Wildman–Crippen MR) is 88.0 cm³/mol. The van der Waals surface area contributed by atoms with Gasteiger partial charge in [-0.2, -0.15) is 0 Å². The molecule has 0 bridgehead atoms. The van der Waals surface area contributed by atoms with Crippen LogP contribution in [0.4, 0.5) is 4.39 Å². The highest BCUT2D eigenvalue weighted by atomic mass is 19.1. The Morgan fingerprint density at radius 2 is 1.88 bits per heavy atom. The maximum absolute atomic E-state index is 12.8. The van der Waals surface area contributed by atoms with Crippen LogP contribution < -0.4 is 11.1 Å². The number of hydrogen-bond donors (Lipinski definition) is 1. The van der Waals surface area contributed by atoms with Crippen molar-refractivity contribution in [1.82, 2.24) is 9.88 Å². The number of nitrogens with one attached hydrogen (secondary N) is 1. The van der Waals surface area contributed by atoms with Gasteiger partial charge in [0.2, 0.25) is 5.91 Å². The van der Waals surface area contributed by atoms with Crippen molar-refractivity contribution in [2.75, 3.05) is 0 Å². The number of nitrogens with zero attached hydrogens (tertiary/aromatic N) is 1. The Labute approximate surface area is 137 Å². The van der Waals surface area contributed by atoms with Gasteiger partial charge in [-0.05, 0) is 41.8 Å². The summed E-state index contributed by atoms with van der Waals surface area (Å²) in [5.74, 6) is -0.787. The van der Waals surface area contributed by atoms with Gasteiger partial charge in [0.1, 0.15) is 5.82 Å². The maximum atomic E-state index is 12.8. The van der Waals surface area contributed by atoms with E-state index in [-0.39, 0.29) is 11.7 Å². The lowest BCUT2D eigenvalue weighted by Gasteiger charge is -2.06. The average molecular weight is 328 g/mol. The average Bonchev–Trinajstić information content (AvgIpc) is 2.86. The summed E-state index contributed by atoms with van der Waals surface area (Å²) in [6, 6.07) is 11.5. The molecule has 24 heavy (non-hydrogen) atoms. The van der Waals surface area contributed by atoms with Crippen LogP contribution in [-0.4, -0.2) is 10.5 Å². The summed E-state index contributed by atoms with van der Waals surface area (Å²) in [5, 5.41) is 2.83. The fraction of sp³-hybridized carbons (Fsp3) is 0.222. The molecule has 1 aromatic heterocycles. The Morgan fingerprint density at radius 3 is 2.62 bits per heavy atom. The van der Waals surface area contributed by atoms with Crippen LogP contribution in [0.1, 0.15) is 17.5 Å². The molecule has 124 valence electrons. The second-order valence-electron chi connectivity index (χ2n) is 5.63. The van der Waals surface area contributed by atoms with Crippen LogP contribution in [0, 0.1) is 5.82 Å². The van der Waals surface area contributed by atoms with Crippen molar-refractivity contribution in [2.45, 2.75) is 19.4 Å². The second-order valence-corrected chi connectivity index (χ2v) is 5.63. The van der Waals surface area contributed by atoms with E-state index >= 15 is 0 Å². The van der Waals surface area contributed by atoms with E-state index in [0.29, 0.717) is 30.5 Å². The second kappa shape index (κ2) is 6.70. The predicted octanol–water partition coefficient (Wildman–Crippen LogP) is 2.52. The summed E-state index contributed by atoms with van der Waals surface area (Å²) in [6.07, 6.45) is 0.882. The molecule has 0 spiro atoms. The molecule has 0 unspecified atom stereocenters. The minimum atomic E-state index is -0.412. The number of oxazole rings is 1. The first kappa shape index (κ1) is 16.0. The van der Waals surface area contributed by atoms with Gasteiger partial charge in [-0.3, -0.25) is 9.36 Å². The van der Waals surface area contributed by atoms with E-state index in [1.54, 1.807) is 31.3 Å². The van der Waals surface area contributed by atoms with E-state index in [1.165, 1.54) is 16.7 Å². The van der Waals surface area contributed by atoms with Gasteiger partial charge in [-0.1, -0.05) is 18.2 Å². The van der Waals surface area contributed by atoms with Crippen molar-refractivity contribution < 1.29 is 13.6 Å². The van der Waals surface area contributed by atoms with Gasteiger partial charge < -0.3 is 9.73 Å². The summed E-state index contributed by atoms with van der Waals surface area (Å²) in [4.78, 5) is 23.4. The Bertz CT molecular complexity index is 926. The lowest BCUT2D eigenvalue weighted by molar-refractivity contribution is -0.121. The van der Waals surface area contributed by atoms with Crippen LogP contribution in [0.5, 0.6) is 0 Å². The fourth-order valence-electron chi connectivity index (χ4n) is 2.49. The highest BCUT2D eigenvalue weighted by molar-refractivity contribution is 5.77. The third-order valence-electron chi connectivity index (χ3n) is 3.90. The molecular formula is C18H17FN2O3. The van der Waals surface area contributed by atoms with Gasteiger partial charge in [-0.15, -0.1) is 0 Å². The van der Waals surface area contributed by atoms with Gasteiger partial charge in [0.15, 0.2) is 5.58 Å². The maximum Gasteiger partial charge on any atom is 0.419 e. The van der Waals surface area contributed by atoms with Crippen molar-refractivity contribution in [2.24, 2.45) is 7.05 Å². The smallest absolute Gasteiger partial charge is 0.408 e. The van der Waals surface area contributed by atoms with E-state index < -0.39 is 5.76 Å². The van der Waals surface area contributed by atoms with Crippen LogP contribution in [0.25, 0.3) is 11.1 Å². The molecule has 0 saturated heterocycles. The highest BCUT2D eigenvalue weighted by Crippen LogP contribution is 2.14. The summed E-state index contributed by atoms with van der Waals surface area (Å²) in [5.41, 5.74) is 2.98. The third kappa shape index (κ3) is 3.53. The zero-order chi connectivity index (χ0) is 17.1. The number of amides is 1. The molecule has 5 nitrogen and oxygen atoms in total. The molecule has 2 aromatic carbocycles. The van der Waals surface area contributed by atoms with Gasteiger partial charge in [0, 0.05) is 20.0 Å². The first-order chi connectivity index (χ1) is 11.5. The number of carbonyl (C=O) groups is 1. The van der Waals surface area contributed by atoms with E-state index in [0.717, 1.165) is 11.1 Å². The molecule has 1 amide bonds. The summed E-state index contributed by atoms with van der Waals surface area (Å²) in [7, 11) is 1.64. The molecule has 0 fully saturated rings. The highest BCUT2D eigenvalue weighted by Gasteiger charge is 2.07. The Hall–Kier alpha value is -2.89. The molecule has 0 radical (unpaired) electrons. The van der Waals surface area contributed by atoms with Crippen molar-refractivity contribution in [1.29, 1.82) is 0 Å². The van der Waals surface area contributed by atoms with Crippen molar-refractivity contribution >= 4 is 17.0 Å². The Morgan fingerprint density at radius 1 is 1.17 bits per heavy atom. The van der Waals surface area contributed by atoms with Crippen LogP contribution in [0.3, 0.4) is 0 Å². The van der Waals surface area contributed by atoms with Crippen LogP contribution in [0.2, 0.25) is 0 Å². The zero-order valence-electron chi connectivity index (χ0n) is 13.2. The molecular weight excluding hydrogens is 311 g/mol. The Kier molecular flexibility index (Phi) is 4.46. The van der Waals surface area contributed by atoms with Gasteiger partial charge in [-0.25, -0.2) is 9.18 Å². The summed E-state index contributed by atoms with van der Waals surface area (Å²) >= 11 is 0. The molecule has 0 aliphatic carbocycles. The third-order valence-corrected chi connectivity index (χ3v) is 3.90. The number of aromatic nitrogens is 1. The van der Waals surface area contributed by atoms with Crippen LogP contribution >= 0.6 is 0 Å². The summed E-state index contributed by atoms with van der Waals surface area (Å²) in [6.45, 7) is 0.358. The van der Waals surface area contributed by atoms with Crippen molar-refractivity contribution in [3.8, 4) is 0 Å². The van der Waals surface area contributed by atoms with E-state index in [9.17, 15) is 14.0 Å². The largest absolute Gasteiger partial charge is 0.419 e. The van der Waals surface area contributed by atoms with E-state index in [4.69, 9.17) is 4.42 Å². The molecule has 0 atom stereocenters. The number of halogens is 1. The van der Waals surface area contributed by atoms with E-state index in [1.807, 2.05) is 6.07 Å². The van der Waals surface area contributed by atoms with Gasteiger partial charge in [0.05, 0.1) is 5.52 Å². The first-order valence-corrected chi connectivity index (χ1v) is 7.62. The fourth-order valence-corrected chi connectivity index (χ4v) is 2.49. The molecule has 6 heteroatoms. The van der Waals surface area contributed by atoms with Crippen molar-refractivity contribution in [3.05, 3.63) is 70.0 Å². The molecule has 3 rings (SSSR count). The lowest BCUT2D eigenvalue weighted by atomic mass is 10.1. The standard InChI is InChI=1S/C18H17FN2O3/c1-21-15-8-4-13(10-16(15)24-18(21)23)11-20-17(22)9-5-12-2-6-14(19)7-3-12/h2-4,6-8,10H,5,9,11H2,1H3,(H,20,22). The van der Waals surface area contributed by atoms with Gasteiger partial charge in [0.25, 0.3) is 0 Å². The minimum Gasteiger partial charge on any atom is -0.408 e. The van der Waals surface area contributed by atoms with Crippen LogP contribution in [0.15, 0.2) is 51.7 Å².